The Bertz CT molecular complexity index is 704. The Kier molecular flexibility index (Phi) is 5.87. The van der Waals surface area contributed by atoms with Gasteiger partial charge in [-0.2, -0.15) is 0 Å². The number of amides is 2. The fourth-order valence-electron chi connectivity index (χ4n) is 2.11. The number of benzene rings is 2. The van der Waals surface area contributed by atoms with E-state index >= 15 is 0 Å². The molecule has 0 spiro atoms. The minimum Gasteiger partial charge on any atom is -0.343 e. The van der Waals surface area contributed by atoms with Crippen LogP contribution in [0.2, 0.25) is 0 Å². The van der Waals surface area contributed by atoms with Gasteiger partial charge >= 0.3 is 0 Å². The molecule has 23 heavy (non-hydrogen) atoms. The molecule has 0 aliphatic heterocycles. The Morgan fingerprint density at radius 1 is 1.17 bits per heavy atom. The number of likely N-dealkylation sites (N-methyl/N-ethyl adjacent to an activating group) is 1. The zero-order valence-electron chi connectivity index (χ0n) is 12.6. The molecule has 0 radical (unpaired) electrons. The van der Waals surface area contributed by atoms with Crippen molar-refractivity contribution in [2.75, 3.05) is 18.0 Å². The van der Waals surface area contributed by atoms with Crippen molar-refractivity contribution in [2.45, 2.75) is 6.92 Å². The number of hydrogen-bond acceptors (Lipinski definition) is 2. The van der Waals surface area contributed by atoms with Gasteiger partial charge in [0.15, 0.2) is 0 Å². The summed E-state index contributed by atoms with van der Waals surface area (Å²) in [4.78, 5) is 25.8. The Morgan fingerprint density at radius 3 is 2.48 bits per heavy atom. The van der Waals surface area contributed by atoms with Crippen LogP contribution >= 0.6 is 15.9 Å². The normalized spacial score (nSPS) is 10.2. The second kappa shape index (κ2) is 7.87. The topological polar surface area (TPSA) is 49.4 Å². The Hall–Kier alpha value is -2.21. The molecule has 0 atom stereocenters. The molecule has 0 unspecified atom stereocenters. The summed E-state index contributed by atoms with van der Waals surface area (Å²) in [5.74, 6) is -0.947. The molecular weight excluding hydrogens is 363 g/mol. The zero-order chi connectivity index (χ0) is 16.8. The molecule has 0 fully saturated rings. The first-order chi connectivity index (χ1) is 11.0. The lowest BCUT2D eigenvalue weighted by Crippen LogP contribution is -2.40. The van der Waals surface area contributed by atoms with Crippen molar-refractivity contribution in [3.63, 3.8) is 0 Å². The number of carbonyl (C=O) groups is 2. The van der Waals surface area contributed by atoms with Crippen LogP contribution in [0.4, 0.5) is 10.1 Å². The molecule has 0 aliphatic rings. The maximum atomic E-state index is 13.0. The van der Waals surface area contributed by atoms with E-state index in [1.807, 2.05) is 13.0 Å². The molecule has 2 amide bonds. The van der Waals surface area contributed by atoms with Gasteiger partial charge in [0.05, 0.1) is 6.54 Å². The quantitative estimate of drug-likeness (QED) is 0.866. The first-order valence-corrected chi connectivity index (χ1v) is 7.90. The van der Waals surface area contributed by atoms with Crippen molar-refractivity contribution >= 4 is 33.4 Å². The summed E-state index contributed by atoms with van der Waals surface area (Å²) in [6, 6.07) is 12.6. The van der Waals surface area contributed by atoms with E-state index < -0.39 is 0 Å². The van der Waals surface area contributed by atoms with E-state index in [-0.39, 0.29) is 24.2 Å². The van der Waals surface area contributed by atoms with Gasteiger partial charge in [-0.1, -0.05) is 22.0 Å². The van der Waals surface area contributed by atoms with E-state index in [1.54, 1.807) is 18.2 Å². The summed E-state index contributed by atoms with van der Waals surface area (Å²) >= 11 is 3.30. The molecule has 0 heterocycles. The summed E-state index contributed by atoms with van der Waals surface area (Å²) < 4.78 is 13.8. The smallest absolute Gasteiger partial charge is 0.251 e. The Balaban J connectivity index is 2.00. The third kappa shape index (κ3) is 4.63. The Labute approximate surface area is 142 Å². The van der Waals surface area contributed by atoms with Crippen LogP contribution in [0.1, 0.15) is 17.3 Å². The van der Waals surface area contributed by atoms with Crippen LogP contribution in [0, 0.1) is 5.82 Å². The fraction of sp³-hybridized carbons (Fsp3) is 0.176. The highest BCUT2D eigenvalue weighted by Crippen LogP contribution is 2.15. The van der Waals surface area contributed by atoms with Gasteiger partial charge in [-0.15, -0.1) is 0 Å². The average Bonchev–Trinajstić information content (AvgIpc) is 2.55. The predicted molar refractivity (Wildman–Crippen MR) is 90.9 cm³/mol. The van der Waals surface area contributed by atoms with Crippen LogP contribution in [0.3, 0.4) is 0 Å². The zero-order valence-corrected chi connectivity index (χ0v) is 14.1. The largest absolute Gasteiger partial charge is 0.343 e. The van der Waals surface area contributed by atoms with Crippen molar-refractivity contribution in [1.82, 2.24) is 5.32 Å². The van der Waals surface area contributed by atoms with Crippen molar-refractivity contribution in [2.24, 2.45) is 0 Å². The lowest BCUT2D eigenvalue weighted by Gasteiger charge is -2.21. The molecular formula is C17H16BrFN2O2. The monoisotopic (exact) mass is 378 g/mol. The number of hydrogen-bond donors (Lipinski definition) is 1. The van der Waals surface area contributed by atoms with Gasteiger partial charge in [0.25, 0.3) is 5.91 Å². The van der Waals surface area contributed by atoms with Crippen LogP contribution in [0.5, 0.6) is 0 Å². The maximum absolute atomic E-state index is 13.0. The van der Waals surface area contributed by atoms with Gasteiger partial charge in [0, 0.05) is 22.3 Å². The molecule has 0 saturated carbocycles. The minimum atomic E-state index is -0.361. The van der Waals surface area contributed by atoms with E-state index in [1.165, 1.54) is 29.2 Å². The maximum Gasteiger partial charge on any atom is 0.251 e. The summed E-state index contributed by atoms with van der Waals surface area (Å²) in [6.07, 6.45) is 0. The van der Waals surface area contributed by atoms with Crippen LogP contribution in [0.25, 0.3) is 0 Å². The number of carbonyl (C=O) groups excluding carboxylic acids is 2. The van der Waals surface area contributed by atoms with E-state index in [0.717, 1.165) is 4.47 Å². The Morgan fingerprint density at radius 2 is 1.87 bits per heavy atom. The SMILES string of the molecule is CCN(C(=O)CNC(=O)c1cccc(Br)c1)c1ccc(F)cc1. The second-order valence-corrected chi connectivity index (χ2v) is 5.72. The third-order valence-corrected chi connectivity index (χ3v) is 3.74. The molecule has 0 bridgehead atoms. The van der Waals surface area contributed by atoms with Crippen molar-refractivity contribution in [3.8, 4) is 0 Å². The number of anilines is 1. The highest BCUT2D eigenvalue weighted by atomic mass is 79.9. The summed E-state index contributed by atoms with van der Waals surface area (Å²) in [5, 5.41) is 2.60. The molecule has 2 rings (SSSR count). The highest BCUT2D eigenvalue weighted by molar-refractivity contribution is 9.10. The lowest BCUT2D eigenvalue weighted by atomic mass is 10.2. The first-order valence-electron chi connectivity index (χ1n) is 7.11. The molecule has 1 N–H and O–H groups in total. The van der Waals surface area contributed by atoms with Crippen LogP contribution < -0.4 is 10.2 Å². The number of nitrogens with zero attached hydrogens (tertiary/aromatic N) is 1. The number of rotatable bonds is 5. The minimum absolute atomic E-state index is 0.128. The molecule has 120 valence electrons. The molecule has 0 saturated heterocycles. The second-order valence-electron chi connectivity index (χ2n) is 4.81. The fourth-order valence-corrected chi connectivity index (χ4v) is 2.51. The first kappa shape index (κ1) is 17.1. The van der Waals surface area contributed by atoms with Crippen molar-refractivity contribution < 1.29 is 14.0 Å². The van der Waals surface area contributed by atoms with Gasteiger partial charge in [0.2, 0.25) is 5.91 Å². The van der Waals surface area contributed by atoms with Gasteiger partial charge in [-0.05, 0) is 49.4 Å². The summed E-state index contributed by atoms with van der Waals surface area (Å²) in [7, 11) is 0. The number of halogens is 2. The van der Waals surface area contributed by atoms with Crippen molar-refractivity contribution in [3.05, 3.63) is 64.4 Å². The van der Waals surface area contributed by atoms with Gasteiger partial charge in [-0.25, -0.2) is 4.39 Å². The van der Waals surface area contributed by atoms with Gasteiger partial charge in [-0.3, -0.25) is 9.59 Å². The van der Waals surface area contributed by atoms with E-state index in [4.69, 9.17) is 0 Å². The molecule has 2 aromatic rings. The van der Waals surface area contributed by atoms with Gasteiger partial charge < -0.3 is 10.2 Å². The van der Waals surface area contributed by atoms with Crippen LogP contribution in [-0.2, 0) is 4.79 Å². The average molecular weight is 379 g/mol. The summed E-state index contributed by atoms with van der Waals surface area (Å²) in [5.41, 5.74) is 1.06. The standard InChI is InChI=1S/C17H16BrFN2O2/c1-2-21(15-8-6-14(19)7-9-15)16(22)11-20-17(23)12-4-3-5-13(18)10-12/h3-10H,2,11H2,1H3,(H,20,23). The molecule has 0 aromatic heterocycles. The van der Waals surface area contributed by atoms with Crippen LogP contribution in [-0.4, -0.2) is 24.9 Å². The number of nitrogens with one attached hydrogen (secondary N) is 1. The predicted octanol–water partition coefficient (Wildman–Crippen LogP) is 3.37. The van der Waals surface area contributed by atoms with Crippen molar-refractivity contribution in [1.29, 1.82) is 0 Å². The molecule has 6 heteroatoms. The van der Waals surface area contributed by atoms with Crippen LogP contribution in [0.15, 0.2) is 53.0 Å². The molecule has 0 aliphatic carbocycles. The molecule has 2 aromatic carbocycles. The van der Waals surface area contributed by atoms with Gasteiger partial charge in [0.1, 0.15) is 5.82 Å². The lowest BCUT2D eigenvalue weighted by molar-refractivity contribution is -0.117. The van der Waals surface area contributed by atoms with E-state index in [0.29, 0.717) is 17.8 Å². The molecule has 4 nitrogen and oxygen atoms in total. The third-order valence-electron chi connectivity index (χ3n) is 3.24. The highest BCUT2D eigenvalue weighted by Gasteiger charge is 2.15. The van der Waals surface area contributed by atoms with E-state index in [2.05, 4.69) is 21.2 Å². The summed E-state index contributed by atoms with van der Waals surface area (Å²) in [6.45, 7) is 2.12. The van der Waals surface area contributed by atoms with E-state index in [9.17, 15) is 14.0 Å².